The van der Waals surface area contributed by atoms with Crippen LogP contribution in [-0.2, 0) is 19.6 Å². The van der Waals surface area contributed by atoms with Crippen LogP contribution in [0.1, 0.15) is 37.7 Å². The molecule has 0 unspecified atom stereocenters. The van der Waals surface area contributed by atoms with Crippen molar-refractivity contribution in [2.75, 3.05) is 0 Å². The highest BCUT2D eigenvalue weighted by Crippen LogP contribution is 2.19. The zero-order chi connectivity index (χ0) is 20.9. The van der Waals surface area contributed by atoms with E-state index in [0.717, 1.165) is 21.7 Å². The monoisotopic (exact) mass is 417 g/mol. The van der Waals surface area contributed by atoms with Gasteiger partial charge >= 0.3 is 0 Å². The van der Waals surface area contributed by atoms with E-state index in [4.69, 9.17) is 0 Å². The van der Waals surface area contributed by atoms with Gasteiger partial charge in [0.1, 0.15) is 0 Å². The van der Waals surface area contributed by atoms with Crippen LogP contribution in [0.3, 0.4) is 0 Å². The van der Waals surface area contributed by atoms with Crippen LogP contribution in [0.5, 0.6) is 0 Å². The Balaban J connectivity index is 1.56. The summed E-state index contributed by atoms with van der Waals surface area (Å²) in [4.78, 5) is 20.5. The van der Waals surface area contributed by atoms with Crippen LogP contribution >= 0.6 is 11.3 Å². The number of aromatic nitrogens is 4. The minimum atomic E-state index is -0.136. The van der Waals surface area contributed by atoms with Crippen molar-refractivity contribution in [1.82, 2.24) is 24.9 Å². The van der Waals surface area contributed by atoms with Gasteiger partial charge in [-0.25, -0.2) is 9.67 Å². The minimum Gasteiger partial charge on any atom is -0.328 e. The molecular formula is C23H23N5OS. The maximum Gasteiger partial charge on any atom is 0.276 e. The first-order valence-electron chi connectivity index (χ1n) is 9.77. The first-order valence-corrected chi connectivity index (χ1v) is 10.6. The number of nitrogens with zero attached hydrogens (tertiary/aromatic N) is 5. The SMILES string of the molecule is Cc1ccccc1Cn1cc(C(=O)N(Cc2ccccc2)Cc2scnc2C)nn1. The maximum absolute atomic E-state index is 13.3. The van der Waals surface area contributed by atoms with Crippen molar-refractivity contribution < 1.29 is 4.79 Å². The van der Waals surface area contributed by atoms with Gasteiger partial charge in [0.15, 0.2) is 5.69 Å². The number of aryl methyl sites for hydroxylation is 2. The average molecular weight is 418 g/mol. The Morgan fingerprint density at radius 1 is 1.03 bits per heavy atom. The fraction of sp³-hybridized carbons (Fsp3) is 0.217. The van der Waals surface area contributed by atoms with Gasteiger partial charge in [-0.05, 0) is 30.5 Å². The summed E-state index contributed by atoms with van der Waals surface area (Å²) in [5.41, 5.74) is 6.53. The molecule has 0 aliphatic rings. The van der Waals surface area contributed by atoms with Crippen molar-refractivity contribution in [3.05, 3.63) is 99.3 Å². The normalized spacial score (nSPS) is 10.9. The number of rotatable bonds is 7. The Morgan fingerprint density at radius 2 is 1.80 bits per heavy atom. The molecule has 0 N–H and O–H groups in total. The predicted octanol–water partition coefficient (Wildman–Crippen LogP) is 4.24. The Bertz CT molecular complexity index is 1140. The Labute approximate surface area is 179 Å². The highest BCUT2D eigenvalue weighted by Gasteiger charge is 2.21. The van der Waals surface area contributed by atoms with Crippen molar-refractivity contribution >= 4 is 17.2 Å². The topological polar surface area (TPSA) is 63.9 Å². The molecule has 0 spiro atoms. The Morgan fingerprint density at radius 3 is 2.53 bits per heavy atom. The van der Waals surface area contributed by atoms with Gasteiger partial charge in [-0.15, -0.1) is 16.4 Å². The summed E-state index contributed by atoms with van der Waals surface area (Å²) in [7, 11) is 0. The molecule has 30 heavy (non-hydrogen) atoms. The molecule has 4 aromatic rings. The molecule has 2 heterocycles. The molecule has 0 aliphatic heterocycles. The highest BCUT2D eigenvalue weighted by atomic mass is 32.1. The molecular weight excluding hydrogens is 394 g/mol. The lowest BCUT2D eigenvalue weighted by atomic mass is 10.1. The summed E-state index contributed by atoms with van der Waals surface area (Å²) in [5.74, 6) is -0.136. The smallest absolute Gasteiger partial charge is 0.276 e. The summed E-state index contributed by atoms with van der Waals surface area (Å²) in [6.07, 6.45) is 1.73. The third kappa shape index (κ3) is 4.63. The lowest BCUT2D eigenvalue weighted by molar-refractivity contribution is 0.0725. The van der Waals surface area contributed by atoms with Gasteiger partial charge in [0, 0.05) is 11.4 Å². The maximum atomic E-state index is 13.3. The van der Waals surface area contributed by atoms with Crippen molar-refractivity contribution in [3.63, 3.8) is 0 Å². The summed E-state index contributed by atoms with van der Waals surface area (Å²) >= 11 is 1.56. The van der Waals surface area contributed by atoms with Crippen LogP contribution in [0.15, 0.2) is 66.3 Å². The molecule has 2 aromatic carbocycles. The predicted molar refractivity (Wildman–Crippen MR) is 117 cm³/mol. The lowest BCUT2D eigenvalue weighted by Crippen LogP contribution is -2.30. The summed E-state index contributed by atoms with van der Waals surface area (Å²) < 4.78 is 1.72. The largest absolute Gasteiger partial charge is 0.328 e. The molecule has 152 valence electrons. The standard InChI is InChI=1S/C23H23N5OS/c1-17-8-6-7-11-20(17)13-28-14-21(25-26-28)23(29)27(12-19-9-4-3-5-10-19)15-22-18(2)24-16-30-22/h3-11,14,16H,12-13,15H2,1-2H3. The van der Waals surface area contributed by atoms with E-state index in [9.17, 15) is 4.79 Å². The molecule has 0 bridgehead atoms. The van der Waals surface area contributed by atoms with Crippen LogP contribution in [0.4, 0.5) is 0 Å². The van der Waals surface area contributed by atoms with Gasteiger partial charge in [0.2, 0.25) is 0 Å². The Hall–Kier alpha value is -3.32. The zero-order valence-electron chi connectivity index (χ0n) is 17.0. The fourth-order valence-corrected chi connectivity index (χ4v) is 4.04. The van der Waals surface area contributed by atoms with Crippen molar-refractivity contribution in [2.45, 2.75) is 33.5 Å². The zero-order valence-corrected chi connectivity index (χ0v) is 17.8. The van der Waals surface area contributed by atoms with Gasteiger partial charge in [0.25, 0.3) is 5.91 Å². The number of carbonyl (C=O) groups is 1. The number of carbonyl (C=O) groups excluding carboxylic acids is 1. The number of thiazole rings is 1. The fourth-order valence-electron chi connectivity index (χ4n) is 3.25. The van der Waals surface area contributed by atoms with E-state index in [2.05, 4.69) is 34.4 Å². The van der Waals surface area contributed by atoms with Gasteiger partial charge < -0.3 is 4.90 Å². The molecule has 1 amide bonds. The van der Waals surface area contributed by atoms with E-state index in [1.807, 2.05) is 54.9 Å². The lowest BCUT2D eigenvalue weighted by Gasteiger charge is -2.21. The molecule has 0 saturated heterocycles. The Kier molecular flexibility index (Phi) is 5.99. The van der Waals surface area contributed by atoms with Crippen LogP contribution in [0, 0.1) is 13.8 Å². The van der Waals surface area contributed by atoms with E-state index >= 15 is 0 Å². The molecule has 4 rings (SSSR count). The van der Waals surface area contributed by atoms with Crippen LogP contribution in [-0.4, -0.2) is 30.8 Å². The van der Waals surface area contributed by atoms with Crippen molar-refractivity contribution in [3.8, 4) is 0 Å². The van der Waals surface area contributed by atoms with Gasteiger partial charge in [-0.2, -0.15) is 0 Å². The average Bonchev–Trinajstić information content (AvgIpc) is 3.39. The van der Waals surface area contributed by atoms with Gasteiger partial charge in [0.05, 0.1) is 30.5 Å². The third-order valence-corrected chi connectivity index (χ3v) is 5.95. The number of amides is 1. The third-order valence-electron chi connectivity index (χ3n) is 5.03. The van der Waals surface area contributed by atoms with E-state index in [0.29, 0.717) is 25.3 Å². The second-order valence-electron chi connectivity index (χ2n) is 7.24. The molecule has 0 saturated carbocycles. The van der Waals surface area contributed by atoms with Crippen LogP contribution in [0.2, 0.25) is 0 Å². The molecule has 7 heteroatoms. The summed E-state index contributed by atoms with van der Waals surface area (Å²) in [6.45, 7) is 5.61. The van der Waals surface area contributed by atoms with Gasteiger partial charge in [-0.1, -0.05) is 59.8 Å². The van der Waals surface area contributed by atoms with E-state index < -0.39 is 0 Å². The van der Waals surface area contributed by atoms with Crippen LogP contribution < -0.4 is 0 Å². The second-order valence-corrected chi connectivity index (χ2v) is 8.17. The number of hydrogen-bond donors (Lipinski definition) is 0. The molecule has 0 fully saturated rings. The summed E-state index contributed by atoms with van der Waals surface area (Å²) in [6, 6.07) is 18.1. The van der Waals surface area contributed by atoms with Crippen LogP contribution in [0.25, 0.3) is 0 Å². The van der Waals surface area contributed by atoms with E-state index in [-0.39, 0.29) is 5.91 Å². The molecule has 0 atom stereocenters. The quantitative estimate of drug-likeness (QED) is 0.451. The van der Waals surface area contributed by atoms with Crippen molar-refractivity contribution in [1.29, 1.82) is 0 Å². The molecule has 2 aromatic heterocycles. The van der Waals surface area contributed by atoms with Gasteiger partial charge in [-0.3, -0.25) is 4.79 Å². The number of hydrogen-bond acceptors (Lipinski definition) is 5. The molecule has 6 nitrogen and oxygen atoms in total. The van der Waals surface area contributed by atoms with Crippen molar-refractivity contribution in [2.24, 2.45) is 0 Å². The minimum absolute atomic E-state index is 0.136. The molecule has 0 aliphatic carbocycles. The number of benzene rings is 2. The molecule has 0 radical (unpaired) electrons. The van der Waals surface area contributed by atoms with E-state index in [1.165, 1.54) is 5.56 Å². The first-order chi connectivity index (χ1) is 14.6. The van der Waals surface area contributed by atoms with E-state index in [1.54, 1.807) is 27.1 Å². The second kappa shape index (κ2) is 9.00. The first kappa shape index (κ1) is 20.0. The summed E-state index contributed by atoms with van der Waals surface area (Å²) in [5, 5.41) is 8.35. The highest BCUT2D eigenvalue weighted by molar-refractivity contribution is 7.09.